The summed E-state index contributed by atoms with van der Waals surface area (Å²) in [5.74, 6) is -2.70. The molecule has 34 heavy (non-hydrogen) atoms. The van der Waals surface area contributed by atoms with Crippen molar-refractivity contribution in [2.75, 3.05) is 4.90 Å². The molecule has 0 unspecified atom stereocenters. The average Bonchev–Trinajstić information content (AvgIpc) is 3.05. The predicted molar refractivity (Wildman–Crippen MR) is 130 cm³/mol. The van der Waals surface area contributed by atoms with Crippen LogP contribution >= 0.6 is 27.5 Å². The van der Waals surface area contributed by atoms with Crippen LogP contribution in [0.2, 0.25) is 5.02 Å². The van der Waals surface area contributed by atoms with Gasteiger partial charge in [-0.1, -0.05) is 27.5 Å². The number of carboxylic acid groups (broad SMARTS) is 1. The fourth-order valence-corrected chi connectivity index (χ4v) is 4.25. The minimum absolute atomic E-state index is 0.0444. The van der Waals surface area contributed by atoms with Crippen molar-refractivity contribution in [3.63, 3.8) is 0 Å². The molecule has 3 aromatic rings. The average molecular weight is 543 g/mol. The number of imide groups is 2. The number of urea groups is 1. The number of aromatic carboxylic acids is 1. The maximum atomic E-state index is 13.1. The normalized spacial score (nSPS) is 15.1. The quantitative estimate of drug-likeness (QED) is 0.361. The molecule has 1 aliphatic heterocycles. The van der Waals surface area contributed by atoms with Gasteiger partial charge in [0.15, 0.2) is 0 Å². The largest absolute Gasteiger partial charge is 0.478 e. The maximum Gasteiger partial charge on any atom is 0.337 e. The van der Waals surface area contributed by atoms with Crippen molar-refractivity contribution >= 4 is 63.1 Å². The molecule has 8 nitrogen and oxygen atoms in total. The molecule has 0 aliphatic carbocycles. The summed E-state index contributed by atoms with van der Waals surface area (Å²) in [6.45, 7) is 3.59. The maximum absolute atomic E-state index is 13.1. The summed E-state index contributed by atoms with van der Waals surface area (Å²) < 4.78 is 2.56. The van der Waals surface area contributed by atoms with Crippen molar-refractivity contribution in [2.24, 2.45) is 0 Å². The molecule has 4 rings (SSSR count). The lowest BCUT2D eigenvalue weighted by Gasteiger charge is -2.26. The summed E-state index contributed by atoms with van der Waals surface area (Å²) in [7, 11) is 0. The topological polar surface area (TPSA) is 109 Å². The van der Waals surface area contributed by atoms with Gasteiger partial charge in [-0.3, -0.25) is 14.9 Å². The molecule has 2 heterocycles. The van der Waals surface area contributed by atoms with E-state index in [9.17, 15) is 24.3 Å². The highest BCUT2D eigenvalue weighted by atomic mass is 79.9. The van der Waals surface area contributed by atoms with E-state index in [-0.39, 0.29) is 16.2 Å². The van der Waals surface area contributed by atoms with Crippen molar-refractivity contribution in [3.8, 4) is 5.69 Å². The number of carboxylic acids is 1. The van der Waals surface area contributed by atoms with E-state index in [1.165, 1.54) is 18.2 Å². The molecule has 0 saturated carbocycles. The molecule has 1 saturated heterocycles. The van der Waals surface area contributed by atoms with E-state index in [0.29, 0.717) is 22.6 Å². The molecule has 0 bridgehead atoms. The minimum atomic E-state index is -1.15. The Bertz CT molecular complexity index is 1410. The van der Waals surface area contributed by atoms with Crippen LogP contribution in [0.3, 0.4) is 0 Å². The number of hydrogen-bond donors (Lipinski definition) is 2. The second kappa shape index (κ2) is 8.92. The van der Waals surface area contributed by atoms with Crippen molar-refractivity contribution < 1.29 is 24.3 Å². The number of nitrogens with one attached hydrogen (secondary N) is 1. The molecule has 172 valence electrons. The van der Waals surface area contributed by atoms with E-state index in [4.69, 9.17) is 11.6 Å². The van der Waals surface area contributed by atoms with E-state index < -0.39 is 23.8 Å². The Kier molecular flexibility index (Phi) is 6.16. The fraction of sp³-hybridized carbons (Fsp3) is 0.0833. The smallest absolute Gasteiger partial charge is 0.337 e. The SMILES string of the molecule is Cc1cc(/C=C2\C(=O)NC(=O)N(c3ccc(Br)cc3)C2=O)c(C)n1-c1ccc(Cl)c(C(=O)O)c1. The zero-order valence-electron chi connectivity index (χ0n) is 17.9. The van der Waals surface area contributed by atoms with Gasteiger partial charge in [-0.15, -0.1) is 0 Å². The number of aromatic nitrogens is 1. The van der Waals surface area contributed by atoms with Crippen molar-refractivity contribution in [2.45, 2.75) is 13.8 Å². The van der Waals surface area contributed by atoms with Crippen LogP contribution in [0.5, 0.6) is 0 Å². The number of hydrogen-bond acceptors (Lipinski definition) is 4. The standard InChI is InChI=1S/C24H17BrClN3O5/c1-12-9-14(13(2)28(12)17-7-8-20(26)18(11-17)23(32)33)10-19-21(30)27-24(34)29(22(19)31)16-5-3-15(25)4-6-16/h3-11H,1-2H3,(H,32,33)(H,27,30,34)/b19-10+. The summed E-state index contributed by atoms with van der Waals surface area (Å²) >= 11 is 9.30. The first-order valence-electron chi connectivity index (χ1n) is 9.97. The van der Waals surface area contributed by atoms with E-state index in [1.807, 2.05) is 6.92 Å². The molecule has 2 N–H and O–H groups in total. The number of amides is 4. The van der Waals surface area contributed by atoms with E-state index in [2.05, 4.69) is 21.2 Å². The van der Waals surface area contributed by atoms with Crippen LogP contribution in [0, 0.1) is 13.8 Å². The van der Waals surface area contributed by atoms with Crippen LogP contribution in [-0.2, 0) is 9.59 Å². The minimum Gasteiger partial charge on any atom is -0.478 e. The zero-order chi connectivity index (χ0) is 24.7. The van der Waals surface area contributed by atoms with Crippen LogP contribution in [0.15, 0.2) is 58.6 Å². The summed E-state index contributed by atoms with van der Waals surface area (Å²) in [6, 6.07) is 12.1. The van der Waals surface area contributed by atoms with Gasteiger partial charge in [-0.25, -0.2) is 14.5 Å². The Hall–Kier alpha value is -3.69. The Labute approximate surface area is 207 Å². The Morgan fingerprint density at radius 2 is 1.68 bits per heavy atom. The number of barbiturate groups is 1. The summed E-state index contributed by atoms with van der Waals surface area (Å²) in [6.07, 6.45) is 1.42. The number of benzene rings is 2. The second-order valence-electron chi connectivity index (χ2n) is 7.57. The number of carbonyl (C=O) groups is 4. The highest BCUT2D eigenvalue weighted by Crippen LogP contribution is 2.28. The van der Waals surface area contributed by atoms with E-state index in [1.54, 1.807) is 47.9 Å². The third kappa shape index (κ3) is 4.15. The number of nitrogens with zero attached hydrogens (tertiary/aromatic N) is 2. The van der Waals surface area contributed by atoms with Gasteiger partial charge in [0.05, 0.1) is 16.3 Å². The Morgan fingerprint density at radius 1 is 1.03 bits per heavy atom. The molecular weight excluding hydrogens is 526 g/mol. The van der Waals surface area contributed by atoms with E-state index >= 15 is 0 Å². The Morgan fingerprint density at radius 3 is 2.32 bits per heavy atom. The lowest BCUT2D eigenvalue weighted by atomic mass is 10.1. The number of halogens is 2. The van der Waals surface area contributed by atoms with Gasteiger partial charge in [0.2, 0.25) is 0 Å². The molecule has 1 fully saturated rings. The highest BCUT2D eigenvalue weighted by molar-refractivity contribution is 9.10. The van der Waals surface area contributed by atoms with Crippen LogP contribution in [0.1, 0.15) is 27.3 Å². The zero-order valence-corrected chi connectivity index (χ0v) is 20.3. The number of carbonyl (C=O) groups excluding carboxylic acids is 3. The van der Waals surface area contributed by atoms with Gasteiger partial charge < -0.3 is 9.67 Å². The first kappa shape index (κ1) is 23.5. The van der Waals surface area contributed by atoms with Crippen molar-refractivity contribution in [1.29, 1.82) is 0 Å². The van der Waals surface area contributed by atoms with Gasteiger partial charge in [0, 0.05) is 21.5 Å². The molecular formula is C24H17BrClN3O5. The Balaban J connectivity index is 1.77. The van der Waals surface area contributed by atoms with E-state index in [0.717, 1.165) is 15.1 Å². The molecule has 10 heteroatoms. The molecule has 0 spiro atoms. The lowest BCUT2D eigenvalue weighted by Crippen LogP contribution is -2.54. The number of aryl methyl sites for hydroxylation is 1. The first-order chi connectivity index (χ1) is 16.1. The van der Waals surface area contributed by atoms with Gasteiger partial charge in [-0.2, -0.15) is 0 Å². The lowest BCUT2D eigenvalue weighted by molar-refractivity contribution is -0.122. The van der Waals surface area contributed by atoms with Gasteiger partial charge in [0.25, 0.3) is 11.8 Å². The first-order valence-corrected chi connectivity index (χ1v) is 11.1. The van der Waals surface area contributed by atoms with Gasteiger partial charge in [-0.05, 0) is 74.0 Å². The van der Waals surface area contributed by atoms with Gasteiger partial charge >= 0.3 is 12.0 Å². The molecule has 4 amide bonds. The second-order valence-corrected chi connectivity index (χ2v) is 8.89. The fourth-order valence-electron chi connectivity index (χ4n) is 3.78. The molecule has 1 aromatic heterocycles. The van der Waals surface area contributed by atoms with Crippen LogP contribution in [0.4, 0.5) is 10.5 Å². The number of anilines is 1. The molecule has 1 aliphatic rings. The predicted octanol–water partition coefficient (Wildman–Crippen LogP) is 4.87. The molecule has 2 aromatic carbocycles. The third-order valence-corrected chi connectivity index (χ3v) is 6.25. The van der Waals surface area contributed by atoms with Gasteiger partial charge in [0.1, 0.15) is 5.57 Å². The van der Waals surface area contributed by atoms with Crippen molar-refractivity contribution in [1.82, 2.24) is 9.88 Å². The van der Waals surface area contributed by atoms with Crippen molar-refractivity contribution in [3.05, 3.63) is 86.1 Å². The highest BCUT2D eigenvalue weighted by Gasteiger charge is 2.37. The van der Waals surface area contributed by atoms with Crippen LogP contribution in [0.25, 0.3) is 11.8 Å². The van der Waals surface area contributed by atoms with Crippen LogP contribution in [-0.4, -0.2) is 33.5 Å². The molecule has 0 atom stereocenters. The summed E-state index contributed by atoms with van der Waals surface area (Å²) in [5.41, 5.74) is 2.60. The van der Waals surface area contributed by atoms with Crippen LogP contribution < -0.4 is 10.2 Å². The summed E-state index contributed by atoms with van der Waals surface area (Å²) in [5, 5.41) is 11.7. The number of rotatable bonds is 4. The monoisotopic (exact) mass is 541 g/mol. The summed E-state index contributed by atoms with van der Waals surface area (Å²) in [4.78, 5) is 50.5. The molecule has 0 radical (unpaired) electrons. The third-order valence-electron chi connectivity index (χ3n) is 5.40.